The first-order valence-corrected chi connectivity index (χ1v) is 8.12. The SMILES string of the molecule is CCC1CCC(C)N1CCC(C)(NC1CC1)C(=O)OC. The van der Waals surface area contributed by atoms with Gasteiger partial charge in [0, 0.05) is 24.7 Å². The normalized spacial score (nSPS) is 30.2. The number of esters is 1. The van der Waals surface area contributed by atoms with Crippen molar-refractivity contribution in [3.8, 4) is 0 Å². The molecule has 0 spiro atoms. The van der Waals surface area contributed by atoms with Crippen LogP contribution in [0.2, 0.25) is 0 Å². The van der Waals surface area contributed by atoms with Crippen molar-refractivity contribution >= 4 is 5.97 Å². The summed E-state index contributed by atoms with van der Waals surface area (Å²) in [5.41, 5.74) is -0.531. The molecule has 2 aliphatic rings. The number of likely N-dealkylation sites (tertiary alicyclic amines) is 1. The van der Waals surface area contributed by atoms with Gasteiger partial charge < -0.3 is 4.74 Å². The minimum Gasteiger partial charge on any atom is -0.468 e. The van der Waals surface area contributed by atoms with E-state index in [0.717, 1.165) is 13.0 Å². The fourth-order valence-corrected chi connectivity index (χ4v) is 3.46. The maximum atomic E-state index is 12.1. The van der Waals surface area contributed by atoms with E-state index in [2.05, 4.69) is 24.1 Å². The molecule has 0 amide bonds. The number of nitrogens with zero attached hydrogens (tertiary/aromatic N) is 1. The van der Waals surface area contributed by atoms with E-state index >= 15 is 0 Å². The third-order valence-corrected chi connectivity index (χ3v) is 5.03. The molecule has 4 nitrogen and oxygen atoms in total. The molecule has 1 heterocycles. The highest BCUT2D eigenvalue weighted by Gasteiger charge is 2.40. The number of nitrogens with one attached hydrogen (secondary N) is 1. The van der Waals surface area contributed by atoms with Gasteiger partial charge in [-0.2, -0.15) is 0 Å². The number of hydrogen-bond donors (Lipinski definition) is 1. The van der Waals surface area contributed by atoms with Gasteiger partial charge in [-0.25, -0.2) is 0 Å². The van der Waals surface area contributed by atoms with Gasteiger partial charge in [0.1, 0.15) is 5.54 Å². The van der Waals surface area contributed by atoms with Crippen molar-refractivity contribution in [1.82, 2.24) is 10.2 Å². The zero-order valence-electron chi connectivity index (χ0n) is 13.4. The Kier molecular flexibility index (Phi) is 5.08. The van der Waals surface area contributed by atoms with Gasteiger partial charge in [0.05, 0.1) is 7.11 Å². The standard InChI is InChI=1S/C16H30N2O2/c1-5-14-9-6-12(2)18(14)11-10-16(3,15(19)20-4)17-13-7-8-13/h12-14,17H,5-11H2,1-4H3. The maximum Gasteiger partial charge on any atom is 0.325 e. The van der Waals surface area contributed by atoms with Crippen LogP contribution in [0.1, 0.15) is 59.3 Å². The average molecular weight is 282 g/mol. The van der Waals surface area contributed by atoms with Crippen molar-refractivity contribution < 1.29 is 9.53 Å². The number of rotatable bonds is 7. The summed E-state index contributed by atoms with van der Waals surface area (Å²) < 4.78 is 5.02. The van der Waals surface area contributed by atoms with Crippen LogP contribution >= 0.6 is 0 Å². The van der Waals surface area contributed by atoms with Gasteiger partial charge in [-0.3, -0.25) is 15.0 Å². The summed E-state index contributed by atoms with van der Waals surface area (Å²) >= 11 is 0. The highest BCUT2D eigenvalue weighted by Crippen LogP contribution is 2.29. The highest BCUT2D eigenvalue weighted by atomic mass is 16.5. The lowest BCUT2D eigenvalue weighted by Gasteiger charge is -2.33. The molecule has 1 aliphatic heterocycles. The fraction of sp³-hybridized carbons (Fsp3) is 0.938. The van der Waals surface area contributed by atoms with Gasteiger partial charge >= 0.3 is 5.97 Å². The molecule has 0 bridgehead atoms. The van der Waals surface area contributed by atoms with Crippen LogP contribution < -0.4 is 5.32 Å². The Labute approximate surface area is 123 Å². The molecule has 0 radical (unpaired) electrons. The lowest BCUT2D eigenvalue weighted by molar-refractivity contribution is -0.148. The molecule has 4 heteroatoms. The van der Waals surface area contributed by atoms with Gasteiger partial charge in [0.15, 0.2) is 0 Å². The first-order valence-electron chi connectivity index (χ1n) is 8.12. The molecule has 1 saturated heterocycles. The summed E-state index contributed by atoms with van der Waals surface area (Å²) in [5, 5.41) is 3.49. The Morgan fingerprint density at radius 1 is 1.35 bits per heavy atom. The molecule has 3 atom stereocenters. The first kappa shape index (κ1) is 15.8. The van der Waals surface area contributed by atoms with E-state index in [0.29, 0.717) is 18.1 Å². The summed E-state index contributed by atoms with van der Waals surface area (Å²) in [6, 6.07) is 1.84. The van der Waals surface area contributed by atoms with Gasteiger partial charge in [-0.1, -0.05) is 6.92 Å². The summed E-state index contributed by atoms with van der Waals surface area (Å²) in [7, 11) is 1.49. The molecule has 20 heavy (non-hydrogen) atoms. The molecule has 0 aromatic carbocycles. The number of ether oxygens (including phenoxy) is 1. The predicted octanol–water partition coefficient (Wildman–Crippen LogP) is 2.32. The zero-order valence-corrected chi connectivity index (χ0v) is 13.4. The fourth-order valence-electron chi connectivity index (χ4n) is 3.46. The van der Waals surface area contributed by atoms with Crippen LogP contribution in [0.4, 0.5) is 0 Å². The average Bonchev–Trinajstić information content (AvgIpc) is 3.17. The predicted molar refractivity (Wildman–Crippen MR) is 80.7 cm³/mol. The number of hydrogen-bond acceptors (Lipinski definition) is 4. The minimum atomic E-state index is -0.531. The van der Waals surface area contributed by atoms with Crippen molar-refractivity contribution in [2.24, 2.45) is 0 Å². The van der Waals surface area contributed by atoms with Crippen LogP contribution in [0.5, 0.6) is 0 Å². The molecule has 1 N–H and O–H groups in total. The Hall–Kier alpha value is -0.610. The maximum absolute atomic E-state index is 12.1. The Bertz CT molecular complexity index is 343. The summed E-state index contributed by atoms with van der Waals surface area (Å²) in [6.07, 6.45) is 6.98. The van der Waals surface area contributed by atoms with Crippen molar-refractivity contribution in [3.63, 3.8) is 0 Å². The topological polar surface area (TPSA) is 41.6 Å². The highest BCUT2D eigenvalue weighted by molar-refractivity contribution is 5.80. The van der Waals surface area contributed by atoms with E-state index in [-0.39, 0.29) is 5.97 Å². The monoisotopic (exact) mass is 282 g/mol. The van der Waals surface area contributed by atoms with E-state index in [9.17, 15) is 4.79 Å². The second kappa shape index (κ2) is 6.44. The molecular formula is C16H30N2O2. The van der Waals surface area contributed by atoms with Gasteiger partial charge in [0.25, 0.3) is 0 Å². The van der Waals surface area contributed by atoms with Gasteiger partial charge in [0.2, 0.25) is 0 Å². The Balaban J connectivity index is 1.95. The molecule has 1 aliphatic carbocycles. The van der Waals surface area contributed by atoms with Crippen LogP contribution in [-0.2, 0) is 9.53 Å². The largest absolute Gasteiger partial charge is 0.468 e. The lowest BCUT2D eigenvalue weighted by Crippen LogP contribution is -2.53. The zero-order chi connectivity index (χ0) is 14.8. The molecule has 3 unspecified atom stereocenters. The summed E-state index contributed by atoms with van der Waals surface area (Å²) in [4.78, 5) is 14.7. The number of carbonyl (C=O) groups excluding carboxylic acids is 1. The van der Waals surface area contributed by atoms with Crippen LogP contribution in [0.25, 0.3) is 0 Å². The molecule has 2 fully saturated rings. The van der Waals surface area contributed by atoms with Crippen molar-refractivity contribution in [1.29, 1.82) is 0 Å². The van der Waals surface area contributed by atoms with E-state index in [4.69, 9.17) is 4.74 Å². The van der Waals surface area contributed by atoms with Crippen molar-refractivity contribution in [2.75, 3.05) is 13.7 Å². The number of carbonyl (C=O) groups is 1. The molecule has 0 aromatic heterocycles. The smallest absolute Gasteiger partial charge is 0.325 e. The quantitative estimate of drug-likeness (QED) is 0.728. The third kappa shape index (κ3) is 3.53. The Morgan fingerprint density at radius 3 is 2.60 bits per heavy atom. The second-order valence-corrected chi connectivity index (χ2v) is 6.72. The minimum absolute atomic E-state index is 0.121. The third-order valence-electron chi connectivity index (χ3n) is 5.03. The molecule has 2 rings (SSSR count). The van der Waals surface area contributed by atoms with Crippen LogP contribution in [0.3, 0.4) is 0 Å². The van der Waals surface area contributed by atoms with Crippen LogP contribution in [0, 0.1) is 0 Å². The summed E-state index contributed by atoms with van der Waals surface area (Å²) in [5.74, 6) is -0.121. The summed E-state index contributed by atoms with van der Waals surface area (Å²) in [6.45, 7) is 7.54. The Morgan fingerprint density at radius 2 is 2.05 bits per heavy atom. The van der Waals surface area contributed by atoms with E-state index in [1.807, 2.05) is 6.92 Å². The second-order valence-electron chi connectivity index (χ2n) is 6.72. The lowest BCUT2D eigenvalue weighted by atomic mass is 9.96. The van der Waals surface area contributed by atoms with Crippen molar-refractivity contribution in [3.05, 3.63) is 0 Å². The van der Waals surface area contributed by atoms with Gasteiger partial charge in [-0.05, 0) is 52.4 Å². The first-order chi connectivity index (χ1) is 9.50. The van der Waals surface area contributed by atoms with E-state index in [1.165, 1.54) is 39.2 Å². The molecular weight excluding hydrogens is 252 g/mol. The van der Waals surface area contributed by atoms with Crippen LogP contribution in [-0.4, -0.2) is 48.2 Å². The molecule has 1 saturated carbocycles. The number of methoxy groups -OCH3 is 1. The molecule has 116 valence electrons. The van der Waals surface area contributed by atoms with Gasteiger partial charge in [-0.15, -0.1) is 0 Å². The van der Waals surface area contributed by atoms with E-state index in [1.54, 1.807) is 0 Å². The van der Waals surface area contributed by atoms with Crippen LogP contribution in [0.15, 0.2) is 0 Å². The van der Waals surface area contributed by atoms with E-state index < -0.39 is 5.54 Å². The van der Waals surface area contributed by atoms with Crippen molar-refractivity contribution in [2.45, 2.75) is 83.0 Å². The molecule has 0 aromatic rings.